The van der Waals surface area contributed by atoms with Gasteiger partial charge in [-0.15, -0.1) is 0 Å². The third kappa shape index (κ3) is 4.27. The molecule has 1 fully saturated rings. The van der Waals surface area contributed by atoms with E-state index in [0.717, 1.165) is 6.08 Å². The molecule has 1 aromatic carbocycles. The molecule has 2 aliphatic rings. The number of carbonyl (C=O) groups is 2. The van der Waals surface area contributed by atoms with E-state index in [0.29, 0.717) is 11.1 Å². The van der Waals surface area contributed by atoms with E-state index in [-0.39, 0.29) is 18.8 Å². The Labute approximate surface area is 172 Å². The number of ether oxygens (including phenoxy) is 2. The Balaban J connectivity index is 2.12. The highest BCUT2D eigenvalue weighted by Crippen LogP contribution is 2.46. The topological polar surface area (TPSA) is 125 Å². The van der Waals surface area contributed by atoms with Gasteiger partial charge >= 0.3 is 12.2 Å². The summed E-state index contributed by atoms with van der Waals surface area (Å²) in [6.45, 7) is 3.16. The molecule has 1 aliphatic carbocycles. The highest BCUT2D eigenvalue weighted by Gasteiger charge is 2.52. The predicted molar refractivity (Wildman–Crippen MR) is 104 cm³/mol. The lowest BCUT2D eigenvalue weighted by molar-refractivity contribution is -0.442. The lowest BCUT2D eigenvalue weighted by atomic mass is 9.79. The number of allylic oxidation sites excluding steroid dienone is 4. The first-order valence-electron chi connectivity index (χ1n) is 9.29. The largest absolute Gasteiger partial charge is 0.447 e. The first-order chi connectivity index (χ1) is 14.0. The second-order valence-corrected chi connectivity index (χ2v) is 7.78. The molecule has 0 radical (unpaired) electrons. The minimum Gasteiger partial charge on any atom is -0.447 e. The molecule has 2 amide bonds. The number of amides is 2. The molecule has 1 aromatic rings. The summed E-state index contributed by atoms with van der Waals surface area (Å²) in [5.41, 5.74) is 1.67. The summed E-state index contributed by atoms with van der Waals surface area (Å²) < 4.78 is 26.1. The lowest BCUT2D eigenvalue weighted by Gasteiger charge is -2.36. The van der Waals surface area contributed by atoms with Crippen LogP contribution in [-0.4, -0.2) is 46.4 Å². The fraction of sp³-hybridized carbons (Fsp3) is 0.400. The van der Waals surface area contributed by atoms with Gasteiger partial charge in [0.2, 0.25) is 5.67 Å². The molecule has 1 aliphatic heterocycles. The van der Waals surface area contributed by atoms with Crippen LogP contribution in [-0.2, 0) is 9.47 Å². The molecule has 0 spiro atoms. The number of alkyl halides is 1. The van der Waals surface area contributed by atoms with E-state index >= 15 is 4.39 Å². The van der Waals surface area contributed by atoms with Crippen molar-refractivity contribution in [1.29, 1.82) is 0 Å². The molecular formula is C20H22FN3O6. The van der Waals surface area contributed by atoms with E-state index in [9.17, 15) is 19.7 Å². The predicted octanol–water partition coefficient (Wildman–Crippen LogP) is 3.39. The van der Waals surface area contributed by atoms with E-state index in [2.05, 4.69) is 0 Å². The standard InChI is InChI=1S/C20H22FN3O6/c1-19(2,30-17(22)25)12-20(21)11-15(23-8-9-29-18(23)26)14(10-16(20)24(27)28)13-6-4-3-5-7-13/h3-7,10H,8-9,11-12H2,1-2H3,(H2,22,25). The molecule has 160 valence electrons. The summed E-state index contributed by atoms with van der Waals surface area (Å²) in [6.07, 6.45) is -1.61. The van der Waals surface area contributed by atoms with Crippen LogP contribution >= 0.6 is 0 Å². The maximum absolute atomic E-state index is 16.2. The van der Waals surface area contributed by atoms with Crippen molar-refractivity contribution in [3.8, 4) is 0 Å². The fourth-order valence-electron chi connectivity index (χ4n) is 3.90. The van der Waals surface area contributed by atoms with Gasteiger partial charge in [0.15, 0.2) is 0 Å². The summed E-state index contributed by atoms with van der Waals surface area (Å²) in [4.78, 5) is 35.7. The number of halogens is 1. The quantitative estimate of drug-likeness (QED) is 0.557. The molecule has 1 heterocycles. The Morgan fingerprint density at radius 2 is 2.07 bits per heavy atom. The smallest absolute Gasteiger partial charge is 0.414 e. The van der Waals surface area contributed by atoms with Crippen LogP contribution in [0.1, 0.15) is 32.3 Å². The van der Waals surface area contributed by atoms with Gasteiger partial charge in [0.1, 0.15) is 12.2 Å². The molecule has 10 heteroatoms. The molecule has 1 saturated heterocycles. The van der Waals surface area contributed by atoms with Gasteiger partial charge in [-0.25, -0.2) is 14.0 Å². The Morgan fingerprint density at radius 3 is 2.60 bits per heavy atom. The first-order valence-corrected chi connectivity index (χ1v) is 9.29. The molecule has 30 heavy (non-hydrogen) atoms. The van der Waals surface area contributed by atoms with Gasteiger partial charge in [0.25, 0.3) is 5.70 Å². The molecule has 1 atom stereocenters. The van der Waals surface area contributed by atoms with Crippen molar-refractivity contribution in [2.24, 2.45) is 5.73 Å². The molecule has 2 N–H and O–H groups in total. The number of nitrogens with two attached hydrogens (primary N) is 1. The van der Waals surface area contributed by atoms with Crippen molar-refractivity contribution >= 4 is 17.8 Å². The summed E-state index contributed by atoms with van der Waals surface area (Å²) >= 11 is 0. The van der Waals surface area contributed by atoms with Crippen molar-refractivity contribution in [2.75, 3.05) is 13.2 Å². The number of nitrogens with zero attached hydrogens (tertiary/aromatic N) is 2. The Hall–Kier alpha value is -3.43. The molecule has 0 bridgehead atoms. The maximum Gasteiger partial charge on any atom is 0.414 e. The zero-order valence-electron chi connectivity index (χ0n) is 16.6. The number of hydrogen-bond acceptors (Lipinski definition) is 6. The van der Waals surface area contributed by atoms with Crippen molar-refractivity contribution in [2.45, 2.75) is 38.0 Å². The third-order valence-corrected chi connectivity index (χ3v) is 4.95. The molecule has 9 nitrogen and oxygen atoms in total. The highest BCUT2D eigenvalue weighted by atomic mass is 19.1. The molecule has 3 rings (SSSR count). The number of carbonyl (C=O) groups excluding carboxylic acids is 2. The SMILES string of the molecule is CC(C)(CC1(F)CC(N2CCOC2=O)=C(c2ccccc2)C=C1[N+](=O)[O-])OC(N)=O. The minimum atomic E-state index is -2.51. The number of nitro groups is 1. The second-order valence-electron chi connectivity index (χ2n) is 7.78. The van der Waals surface area contributed by atoms with Crippen molar-refractivity contribution in [3.05, 3.63) is 63.5 Å². The zero-order valence-corrected chi connectivity index (χ0v) is 16.6. The molecule has 0 saturated carbocycles. The van der Waals surface area contributed by atoms with Crippen LogP contribution < -0.4 is 5.73 Å². The van der Waals surface area contributed by atoms with Crippen LogP contribution in [0.15, 0.2) is 47.8 Å². The van der Waals surface area contributed by atoms with Crippen molar-refractivity contribution in [1.82, 2.24) is 4.90 Å². The number of benzene rings is 1. The summed E-state index contributed by atoms with van der Waals surface area (Å²) in [6, 6.07) is 8.69. The van der Waals surface area contributed by atoms with Gasteiger partial charge in [-0.1, -0.05) is 30.3 Å². The second kappa shape index (κ2) is 7.77. The Bertz CT molecular complexity index is 943. The van der Waals surface area contributed by atoms with Crippen LogP contribution in [0.5, 0.6) is 0 Å². The van der Waals surface area contributed by atoms with E-state index < -0.39 is 46.9 Å². The zero-order chi connectivity index (χ0) is 22.1. The van der Waals surface area contributed by atoms with E-state index in [1.165, 1.54) is 18.7 Å². The Kier molecular flexibility index (Phi) is 5.51. The van der Waals surface area contributed by atoms with Crippen LogP contribution in [0.4, 0.5) is 14.0 Å². The first kappa shape index (κ1) is 21.3. The van der Waals surface area contributed by atoms with E-state index in [1.54, 1.807) is 30.3 Å². The molecule has 0 aromatic heterocycles. The van der Waals surface area contributed by atoms with Crippen LogP contribution in [0.3, 0.4) is 0 Å². The molecular weight excluding hydrogens is 397 g/mol. The normalized spacial score (nSPS) is 21.9. The van der Waals surface area contributed by atoms with Crippen LogP contribution in [0.25, 0.3) is 5.57 Å². The average Bonchev–Trinajstić information content (AvgIpc) is 3.05. The van der Waals surface area contributed by atoms with Crippen LogP contribution in [0.2, 0.25) is 0 Å². The number of cyclic esters (lactones) is 1. The summed E-state index contributed by atoms with van der Waals surface area (Å²) in [5, 5.41) is 11.8. The lowest BCUT2D eigenvalue weighted by Crippen LogP contribution is -2.44. The number of primary amides is 1. The van der Waals surface area contributed by atoms with E-state index in [4.69, 9.17) is 15.2 Å². The van der Waals surface area contributed by atoms with Crippen molar-refractivity contribution in [3.63, 3.8) is 0 Å². The monoisotopic (exact) mass is 419 g/mol. The molecule has 1 unspecified atom stereocenters. The number of rotatable bonds is 6. The van der Waals surface area contributed by atoms with Gasteiger partial charge in [0, 0.05) is 30.2 Å². The maximum atomic E-state index is 16.2. The highest BCUT2D eigenvalue weighted by molar-refractivity contribution is 5.83. The average molecular weight is 419 g/mol. The van der Waals surface area contributed by atoms with Gasteiger partial charge < -0.3 is 15.2 Å². The van der Waals surface area contributed by atoms with Gasteiger partial charge in [-0.2, -0.15) is 0 Å². The third-order valence-electron chi connectivity index (χ3n) is 4.95. The van der Waals surface area contributed by atoms with E-state index in [1.807, 2.05) is 0 Å². The summed E-state index contributed by atoms with van der Waals surface area (Å²) in [7, 11) is 0. The van der Waals surface area contributed by atoms with Gasteiger partial charge in [0.05, 0.1) is 11.5 Å². The van der Waals surface area contributed by atoms with Gasteiger partial charge in [-0.05, 0) is 19.4 Å². The Morgan fingerprint density at radius 1 is 1.40 bits per heavy atom. The van der Waals surface area contributed by atoms with Crippen molar-refractivity contribution < 1.29 is 28.4 Å². The fourth-order valence-corrected chi connectivity index (χ4v) is 3.90. The number of hydrogen-bond donors (Lipinski definition) is 1. The van der Waals surface area contributed by atoms with Crippen LogP contribution in [0, 0.1) is 10.1 Å². The summed E-state index contributed by atoms with van der Waals surface area (Å²) in [5.74, 6) is 0. The minimum absolute atomic E-state index is 0.131. The van der Waals surface area contributed by atoms with Gasteiger partial charge in [-0.3, -0.25) is 15.0 Å².